The molecule has 120 valence electrons. The smallest absolute Gasteiger partial charge is 0.238 e. The summed E-state index contributed by atoms with van der Waals surface area (Å²) in [6.45, 7) is 0. The Kier molecular flexibility index (Phi) is 5.19. The minimum Gasteiger partial charge on any atom is -0.350 e. The number of halogens is 1. The molecule has 2 aromatic rings. The van der Waals surface area contributed by atoms with E-state index in [1.807, 2.05) is 0 Å². The molecule has 0 atom stereocenters. The predicted octanol–water partition coefficient (Wildman–Crippen LogP) is 2.49. The van der Waals surface area contributed by atoms with Crippen LogP contribution in [0.15, 0.2) is 53.4 Å². The molecule has 0 fully saturated rings. The van der Waals surface area contributed by atoms with Crippen molar-refractivity contribution >= 4 is 38.7 Å². The fourth-order valence-corrected chi connectivity index (χ4v) is 2.58. The highest BCUT2D eigenvalue weighted by molar-refractivity contribution is 7.89. The van der Waals surface area contributed by atoms with Crippen molar-refractivity contribution in [1.29, 1.82) is 0 Å². The number of sulfonamides is 1. The van der Waals surface area contributed by atoms with E-state index in [4.69, 9.17) is 17.4 Å². The molecule has 0 aliphatic rings. The maximum absolute atomic E-state index is 12.8. The molecule has 23 heavy (non-hydrogen) atoms. The molecule has 0 heterocycles. The minimum atomic E-state index is -3.75. The molecular weight excluding hydrogens is 339 g/mol. The molecule has 2 aromatic carbocycles. The first-order chi connectivity index (χ1) is 10.8. The second kappa shape index (κ2) is 6.95. The van der Waals surface area contributed by atoms with Gasteiger partial charge in [-0.05, 0) is 48.5 Å². The standard InChI is InChI=1S/C15H13FN2O3S2/c16-11-3-1-10(2-4-11)14(19)9-15(22)18-12-5-7-13(8-6-12)23(17,20)21/h1-8H,9H2,(H,18,22)(H2,17,20,21). The second-order valence-corrected chi connectivity index (χ2v) is 6.78. The number of Topliss-reactive ketones (excluding diaryl/α,β-unsaturated/α-hetero) is 1. The monoisotopic (exact) mass is 352 g/mol. The molecule has 5 nitrogen and oxygen atoms in total. The highest BCUT2D eigenvalue weighted by Crippen LogP contribution is 2.14. The number of thiocarbonyl (C=S) groups is 1. The van der Waals surface area contributed by atoms with Gasteiger partial charge in [0.15, 0.2) is 5.78 Å². The molecule has 0 aliphatic heterocycles. The lowest BCUT2D eigenvalue weighted by atomic mass is 10.1. The summed E-state index contributed by atoms with van der Waals surface area (Å²) in [5.74, 6) is -0.666. The van der Waals surface area contributed by atoms with Crippen LogP contribution in [0.25, 0.3) is 0 Å². The first-order valence-electron chi connectivity index (χ1n) is 6.47. The summed E-state index contributed by atoms with van der Waals surface area (Å²) in [4.78, 5) is 12.2. The number of rotatable bonds is 5. The van der Waals surface area contributed by atoms with Crippen LogP contribution in [-0.4, -0.2) is 19.2 Å². The van der Waals surface area contributed by atoms with Crippen LogP contribution in [0.5, 0.6) is 0 Å². The Labute approximate surface area is 138 Å². The molecule has 0 spiro atoms. The van der Waals surface area contributed by atoms with Gasteiger partial charge < -0.3 is 5.32 Å². The van der Waals surface area contributed by atoms with E-state index < -0.39 is 15.8 Å². The number of primary sulfonamides is 1. The second-order valence-electron chi connectivity index (χ2n) is 4.72. The maximum atomic E-state index is 12.8. The number of anilines is 1. The highest BCUT2D eigenvalue weighted by atomic mass is 32.2. The van der Waals surface area contributed by atoms with E-state index in [-0.39, 0.29) is 22.1 Å². The van der Waals surface area contributed by atoms with E-state index in [0.717, 1.165) is 0 Å². The van der Waals surface area contributed by atoms with Crippen LogP contribution in [0, 0.1) is 5.82 Å². The van der Waals surface area contributed by atoms with E-state index in [1.54, 1.807) is 0 Å². The molecule has 2 rings (SSSR count). The van der Waals surface area contributed by atoms with Crippen molar-refractivity contribution in [1.82, 2.24) is 0 Å². The molecule has 3 N–H and O–H groups in total. The molecule has 0 aromatic heterocycles. The van der Waals surface area contributed by atoms with Crippen molar-refractivity contribution in [3.05, 3.63) is 59.9 Å². The molecule has 0 saturated carbocycles. The van der Waals surface area contributed by atoms with Gasteiger partial charge in [0.25, 0.3) is 0 Å². The van der Waals surface area contributed by atoms with Crippen LogP contribution in [-0.2, 0) is 10.0 Å². The summed E-state index contributed by atoms with van der Waals surface area (Å²) in [6, 6.07) is 10.8. The first kappa shape index (κ1) is 17.2. The van der Waals surface area contributed by atoms with Gasteiger partial charge in [-0.2, -0.15) is 0 Å². The number of carbonyl (C=O) groups is 1. The van der Waals surface area contributed by atoms with Gasteiger partial charge in [-0.1, -0.05) is 12.2 Å². The zero-order valence-corrected chi connectivity index (χ0v) is 13.5. The normalized spacial score (nSPS) is 11.0. The van der Waals surface area contributed by atoms with Gasteiger partial charge in [-0.25, -0.2) is 17.9 Å². The van der Waals surface area contributed by atoms with Gasteiger partial charge in [0.1, 0.15) is 5.82 Å². The van der Waals surface area contributed by atoms with E-state index in [1.165, 1.54) is 48.5 Å². The number of nitrogens with one attached hydrogen (secondary N) is 1. The third kappa shape index (κ3) is 4.92. The number of hydrogen-bond acceptors (Lipinski definition) is 4. The molecule has 0 amide bonds. The average Bonchev–Trinajstić information content (AvgIpc) is 2.47. The van der Waals surface area contributed by atoms with Gasteiger partial charge >= 0.3 is 0 Å². The maximum Gasteiger partial charge on any atom is 0.238 e. The van der Waals surface area contributed by atoms with E-state index in [9.17, 15) is 17.6 Å². The van der Waals surface area contributed by atoms with Gasteiger partial charge in [0.05, 0.1) is 16.3 Å². The number of hydrogen-bond donors (Lipinski definition) is 2. The lowest BCUT2D eigenvalue weighted by Crippen LogP contribution is -2.15. The predicted molar refractivity (Wildman–Crippen MR) is 89.4 cm³/mol. The van der Waals surface area contributed by atoms with Gasteiger partial charge in [-0.15, -0.1) is 0 Å². The molecule has 0 bridgehead atoms. The average molecular weight is 352 g/mol. The molecule has 0 aliphatic carbocycles. The Morgan fingerprint density at radius 1 is 1.09 bits per heavy atom. The number of benzene rings is 2. The SMILES string of the molecule is NS(=O)(=O)c1ccc(NC(=S)CC(=O)c2ccc(F)cc2)cc1. The van der Waals surface area contributed by atoms with Crippen molar-refractivity contribution in [2.45, 2.75) is 11.3 Å². The number of carbonyl (C=O) groups excluding carboxylic acids is 1. The largest absolute Gasteiger partial charge is 0.350 e. The van der Waals surface area contributed by atoms with Crippen molar-refractivity contribution in [2.75, 3.05) is 5.32 Å². The van der Waals surface area contributed by atoms with Crippen LogP contribution < -0.4 is 10.5 Å². The molecule has 0 radical (unpaired) electrons. The Balaban J connectivity index is 1.99. The van der Waals surface area contributed by atoms with Crippen molar-refractivity contribution in [3.8, 4) is 0 Å². The summed E-state index contributed by atoms with van der Waals surface area (Å²) >= 11 is 5.10. The van der Waals surface area contributed by atoms with Crippen LogP contribution in [0.3, 0.4) is 0 Å². The third-order valence-corrected chi connectivity index (χ3v) is 4.13. The lowest BCUT2D eigenvalue weighted by molar-refractivity contribution is 0.100. The Morgan fingerprint density at radius 3 is 2.17 bits per heavy atom. The number of ketones is 1. The van der Waals surface area contributed by atoms with Crippen LogP contribution >= 0.6 is 12.2 Å². The van der Waals surface area contributed by atoms with E-state index >= 15 is 0 Å². The zero-order valence-electron chi connectivity index (χ0n) is 11.8. The Hall–Kier alpha value is -2.16. The van der Waals surface area contributed by atoms with Crippen LogP contribution in [0.2, 0.25) is 0 Å². The minimum absolute atomic E-state index is 0.0173. The Bertz CT molecular complexity index is 832. The van der Waals surface area contributed by atoms with Crippen molar-refractivity contribution in [2.24, 2.45) is 5.14 Å². The highest BCUT2D eigenvalue weighted by Gasteiger charge is 2.11. The summed E-state index contributed by atoms with van der Waals surface area (Å²) in [5.41, 5.74) is 0.898. The Morgan fingerprint density at radius 2 is 1.65 bits per heavy atom. The summed E-state index contributed by atoms with van der Waals surface area (Å²) in [6.07, 6.45) is -0.0437. The van der Waals surface area contributed by atoms with Gasteiger partial charge in [0.2, 0.25) is 10.0 Å². The van der Waals surface area contributed by atoms with Crippen LogP contribution in [0.1, 0.15) is 16.8 Å². The van der Waals surface area contributed by atoms with E-state index in [0.29, 0.717) is 11.3 Å². The summed E-state index contributed by atoms with van der Waals surface area (Å²) in [5, 5.41) is 7.84. The fourth-order valence-electron chi connectivity index (χ4n) is 1.82. The summed E-state index contributed by atoms with van der Waals surface area (Å²) < 4.78 is 35.1. The topological polar surface area (TPSA) is 89.3 Å². The van der Waals surface area contributed by atoms with Gasteiger partial charge in [0, 0.05) is 11.3 Å². The summed E-state index contributed by atoms with van der Waals surface area (Å²) in [7, 11) is -3.75. The van der Waals surface area contributed by atoms with Crippen LogP contribution in [0.4, 0.5) is 10.1 Å². The quantitative estimate of drug-likeness (QED) is 0.637. The van der Waals surface area contributed by atoms with E-state index in [2.05, 4.69) is 5.32 Å². The van der Waals surface area contributed by atoms with Crippen molar-refractivity contribution in [3.63, 3.8) is 0 Å². The third-order valence-electron chi connectivity index (χ3n) is 2.95. The van der Waals surface area contributed by atoms with Crippen molar-refractivity contribution < 1.29 is 17.6 Å². The molecule has 8 heteroatoms. The van der Waals surface area contributed by atoms with Gasteiger partial charge in [-0.3, -0.25) is 4.79 Å². The fraction of sp³-hybridized carbons (Fsp3) is 0.0667. The molecule has 0 unspecified atom stereocenters. The first-order valence-corrected chi connectivity index (χ1v) is 8.42. The molecular formula is C15H13FN2O3S2. The molecule has 0 saturated heterocycles. The number of nitrogens with two attached hydrogens (primary N) is 1. The zero-order chi connectivity index (χ0) is 17.0. The lowest BCUT2D eigenvalue weighted by Gasteiger charge is -2.08.